The Balaban J connectivity index is 0.000000856. The van der Waals surface area contributed by atoms with Crippen molar-refractivity contribution in [2.75, 3.05) is 20.6 Å². The highest BCUT2D eigenvalue weighted by atomic mass is 35.5. The van der Waals surface area contributed by atoms with E-state index in [4.69, 9.17) is 0 Å². The Hall–Kier alpha value is -2.09. The molecule has 0 N–H and O–H groups in total. The van der Waals surface area contributed by atoms with Crippen LogP contribution in [0.4, 0.5) is 0 Å². The van der Waals surface area contributed by atoms with Crippen LogP contribution in [0.5, 0.6) is 0 Å². The molecule has 0 saturated carbocycles. The minimum atomic E-state index is 0. The van der Waals surface area contributed by atoms with Gasteiger partial charge in [-0.3, -0.25) is 0 Å². The van der Waals surface area contributed by atoms with Crippen LogP contribution < -0.4 is 0 Å². The monoisotopic (exact) mass is 481 g/mol. The standard InChI is InChI=1S/C23H24.C8H19N.CH4.ClH/c1-4-19-10-11-23-16-21(12-13-22(23)15-19)18(3)17(2)14-20-8-6-5-7-9-20;1-5-6-8(2)7-9(3)4;;/h5-13,15-16,18H,2,4,14H2,1,3H3;8H,5-7H2,1-4H3;1H4;1H/t18-;;;/m1.../s1. The molecule has 3 aromatic carbocycles. The molecule has 0 aliphatic heterocycles. The predicted molar refractivity (Wildman–Crippen MR) is 158 cm³/mol. The lowest BCUT2D eigenvalue weighted by Crippen LogP contribution is -2.19. The molecule has 3 rings (SSSR count). The number of aryl methyl sites for hydroxylation is 1. The number of benzene rings is 3. The molecule has 0 fully saturated rings. The van der Waals surface area contributed by atoms with Crippen molar-refractivity contribution in [2.45, 2.75) is 66.7 Å². The molecule has 0 amide bonds. The molecular weight excluding hydrogens is 434 g/mol. The van der Waals surface area contributed by atoms with Crippen LogP contribution in [0.2, 0.25) is 0 Å². The van der Waals surface area contributed by atoms with Gasteiger partial charge in [0.1, 0.15) is 0 Å². The van der Waals surface area contributed by atoms with Crippen LogP contribution in [0.3, 0.4) is 0 Å². The number of nitrogens with zero attached hydrogens (tertiary/aromatic N) is 1. The molecule has 0 radical (unpaired) electrons. The summed E-state index contributed by atoms with van der Waals surface area (Å²) in [6.45, 7) is 14.6. The van der Waals surface area contributed by atoms with Gasteiger partial charge in [0.25, 0.3) is 0 Å². The molecule has 1 unspecified atom stereocenters. The number of fused-ring (bicyclic) bond motifs is 1. The molecule has 1 nitrogen and oxygen atoms in total. The fraction of sp³-hybridized carbons (Fsp3) is 0.438. The summed E-state index contributed by atoms with van der Waals surface area (Å²) in [4.78, 5) is 2.25. The number of halogens is 1. The van der Waals surface area contributed by atoms with Gasteiger partial charge >= 0.3 is 0 Å². The zero-order valence-electron chi connectivity index (χ0n) is 21.6. The van der Waals surface area contributed by atoms with E-state index in [-0.39, 0.29) is 19.8 Å². The van der Waals surface area contributed by atoms with Crippen LogP contribution in [0.15, 0.2) is 78.9 Å². The second-order valence-corrected chi connectivity index (χ2v) is 9.49. The van der Waals surface area contributed by atoms with Crippen molar-refractivity contribution in [1.29, 1.82) is 0 Å². The third kappa shape index (κ3) is 10.5. The molecule has 188 valence electrons. The van der Waals surface area contributed by atoms with E-state index >= 15 is 0 Å². The first-order valence-electron chi connectivity index (χ1n) is 12.2. The smallest absolute Gasteiger partial charge is 0.00206 e. The minimum absolute atomic E-state index is 0. The Morgan fingerprint density at radius 3 is 2.06 bits per heavy atom. The van der Waals surface area contributed by atoms with Crippen LogP contribution >= 0.6 is 12.4 Å². The summed E-state index contributed by atoms with van der Waals surface area (Å²) >= 11 is 0. The summed E-state index contributed by atoms with van der Waals surface area (Å²) in [6.07, 6.45) is 4.70. The van der Waals surface area contributed by atoms with Gasteiger partial charge < -0.3 is 4.90 Å². The maximum atomic E-state index is 4.33. The molecule has 0 saturated heterocycles. The first kappa shape index (κ1) is 31.9. The number of rotatable bonds is 9. The molecule has 0 aliphatic rings. The molecule has 0 heterocycles. The highest BCUT2D eigenvalue weighted by Gasteiger charge is 2.11. The van der Waals surface area contributed by atoms with Crippen molar-refractivity contribution >= 4 is 23.2 Å². The molecule has 0 aromatic heterocycles. The summed E-state index contributed by atoms with van der Waals surface area (Å²) in [7, 11) is 4.26. The van der Waals surface area contributed by atoms with E-state index < -0.39 is 0 Å². The van der Waals surface area contributed by atoms with Gasteiger partial charge in [-0.2, -0.15) is 0 Å². The van der Waals surface area contributed by atoms with Crippen LogP contribution in [-0.2, 0) is 12.8 Å². The average molecular weight is 482 g/mol. The Labute approximate surface area is 216 Å². The highest BCUT2D eigenvalue weighted by molar-refractivity contribution is 5.85. The van der Waals surface area contributed by atoms with Crippen molar-refractivity contribution in [1.82, 2.24) is 4.90 Å². The van der Waals surface area contributed by atoms with E-state index in [1.54, 1.807) is 0 Å². The topological polar surface area (TPSA) is 3.24 Å². The van der Waals surface area contributed by atoms with Crippen LogP contribution in [0.25, 0.3) is 10.8 Å². The summed E-state index contributed by atoms with van der Waals surface area (Å²) in [5.74, 6) is 1.23. The van der Waals surface area contributed by atoms with Gasteiger partial charge in [0.15, 0.2) is 0 Å². The van der Waals surface area contributed by atoms with E-state index in [0.29, 0.717) is 5.92 Å². The molecule has 2 atom stereocenters. The largest absolute Gasteiger partial charge is 0.309 e. The lowest BCUT2D eigenvalue weighted by molar-refractivity contribution is 0.326. The van der Waals surface area contributed by atoms with Crippen LogP contribution in [0.1, 0.15) is 70.6 Å². The summed E-state index contributed by atoms with van der Waals surface area (Å²) in [5.41, 5.74) is 5.34. The molecule has 0 aliphatic carbocycles. The maximum absolute atomic E-state index is 4.33. The Morgan fingerprint density at radius 2 is 1.47 bits per heavy atom. The van der Waals surface area contributed by atoms with Crippen molar-refractivity contribution in [3.05, 3.63) is 95.6 Å². The van der Waals surface area contributed by atoms with Gasteiger partial charge in [0, 0.05) is 12.5 Å². The fourth-order valence-electron chi connectivity index (χ4n) is 4.26. The summed E-state index contributed by atoms with van der Waals surface area (Å²) < 4.78 is 0. The van der Waals surface area contributed by atoms with E-state index in [0.717, 1.165) is 18.8 Å². The lowest BCUT2D eigenvalue weighted by Gasteiger charge is -2.16. The first-order chi connectivity index (χ1) is 15.3. The molecule has 3 aromatic rings. The van der Waals surface area contributed by atoms with Crippen LogP contribution in [0, 0.1) is 5.92 Å². The van der Waals surface area contributed by atoms with Gasteiger partial charge in [-0.1, -0.05) is 120 Å². The van der Waals surface area contributed by atoms with Gasteiger partial charge in [0.2, 0.25) is 0 Å². The summed E-state index contributed by atoms with van der Waals surface area (Å²) in [5, 5.41) is 2.65. The Bertz CT molecular complexity index is 961. The van der Waals surface area contributed by atoms with Crippen molar-refractivity contribution in [3.63, 3.8) is 0 Å². The predicted octanol–water partition coefficient (Wildman–Crippen LogP) is 9.35. The van der Waals surface area contributed by atoms with Crippen molar-refractivity contribution < 1.29 is 0 Å². The highest BCUT2D eigenvalue weighted by Crippen LogP contribution is 2.28. The number of hydrogen-bond acceptors (Lipinski definition) is 1. The quantitative estimate of drug-likeness (QED) is 0.275. The third-order valence-electron chi connectivity index (χ3n) is 6.18. The molecule has 34 heavy (non-hydrogen) atoms. The van der Waals surface area contributed by atoms with Crippen molar-refractivity contribution in [2.24, 2.45) is 5.92 Å². The van der Waals surface area contributed by atoms with E-state index in [1.165, 1.54) is 52.4 Å². The minimum Gasteiger partial charge on any atom is -0.309 e. The second-order valence-electron chi connectivity index (χ2n) is 9.49. The SMILES string of the molecule is C.C=C(Cc1ccccc1)[C@@H](C)c1ccc2cc(CC)ccc2c1.CCCC(C)CN(C)C.Cl. The zero-order chi connectivity index (χ0) is 23.5. The number of hydrogen-bond donors (Lipinski definition) is 0. The Kier molecular flexibility index (Phi) is 15.5. The van der Waals surface area contributed by atoms with Gasteiger partial charge in [0.05, 0.1) is 0 Å². The molecule has 0 spiro atoms. The van der Waals surface area contributed by atoms with Gasteiger partial charge in [-0.25, -0.2) is 0 Å². The summed E-state index contributed by atoms with van der Waals surface area (Å²) in [6, 6.07) is 24.2. The average Bonchev–Trinajstić information content (AvgIpc) is 2.78. The fourth-order valence-corrected chi connectivity index (χ4v) is 4.26. The zero-order valence-corrected chi connectivity index (χ0v) is 22.4. The Morgan fingerprint density at radius 1 is 0.853 bits per heavy atom. The van der Waals surface area contributed by atoms with Crippen LogP contribution in [-0.4, -0.2) is 25.5 Å². The first-order valence-corrected chi connectivity index (χ1v) is 12.2. The second kappa shape index (κ2) is 16.5. The van der Waals surface area contributed by atoms with E-state index in [1.807, 2.05) is 0 Å². The van der Waals surface area contributed by atoms with Gasteiger partial charge in [-0.05, 0) is 66.7 Å². The third-order valence-corrected chi connectivity index (χ3v) is 6.18. The number of allylic oxidation sites excluding steroid dienone is 1. The van der Waals surface area contributed by atoms with Gasteiger partial charge in [-0.15, -0.1) is 12.4 Å². The van der Waals surface area contributed by atoms with E-state index in [9.17, 15) is 0 Å². The molecule has 0 bridgehead atoms. The normalized spacial score (nSPS) is 12.1. The van der Waals surface area contributed by atoms with Crippen molar-refractivity contribution in [3.8, 4) is 0 Å². The van der Waals surface area contributed by atoms with E-state index in [2.05, 4.69) is 120 Å². The maximum Gasteiger partial charge on any atom is 0.00206 e. The lowest BCUT2D eigenvalue weighted by atomic mass is 9.88. The molecular formula is C32H48ClN. The molecule has 2 heteroatoms.